The van der Waals surface area contributed by atoms with Crippen LogP contribution in [0.15, 0.2) is 60.7 Å². The van der Waals surface area contributed by atoms with Crippen LogP contribution in [0.5, 0.6) is 0 Å². The topological polar surface area (TPSA) is 50.4 Å². The van der Waals surface area contributed by atoms with E-state index in [-0.39, 0.29) is 17.0 Å². The van der Waals surface area contributed by atoms with Crippen molar-refractivity contribution in [2.45, 2.75) is 69.6 Å². The summed E-state index contributed by atoms with van der Waals surface area (Å²) in [5.74, 6) is 0.189. The Bertz CT molecular complexity index is 811. The van der Waals surface area contributed by atoms with Crippen LogP contribution in [-0.2, 0) is 9.22 Å². The molecule has 0 radical (unpaired) electrons. The van der Waals surface area contributed by atoms with Crippen LogP contribution in [0, 0.1) is 0 Å². The van der Waals surface area contributed by atoms with Gasteiger partial charge in [-0.3, -0.25) is 4.79 Å². The van der Waals surface area contributed by atoms with Crippen molar-refractivity contribution in [1.82, 2.24) is 10.6 Å². The lowest BCUT2D eigenvalue weighted by Gasteiger charge is -2.43. The molecular weight excluding hydrogens is 388 g/mol. The van der Waals surface area contributed by atoms with Gasteiger partial charge in [0.15, 0.2) is 0 Å². The molecule has 2 aromatic carbocycles. The second-order valence-corrected chi connectivity index (χ2v) is 14.0. The van der Waals surface area contributed by atoms with E-state index in [4.69, 9.17) is 4.43 Å². The van der Waals surface area contributed by atoms with Gasteiger partial charge in [0, 0.05) is 24.5 Å². The van der Waals surface area contributed by atoms with Crippen LogP contribution in [0.1, 0.15) is 46.5 Å². The number of rotatable bonds is 6. The van der Waals surface area contributed by atoms with Crippen LogP contribution in [0.3, 0.4) is 0 Å². The van der Waals surface area contributed by atoms with Crippen LogP contribution in [0.25, 0.3) is 0 Å². The second-order valence-electron chi connectivity index (χ2n) is 9.73. The number of hydrogen-bond donors (Lipinski definition) is 2. The Morgan fingerprint density at radius 2 is 1.50 bits per heavy atom. The summed E-state index contributed by atoms with van der Waals surface area (Å²) in [7, 11) is -2.49. The SMILES string of the molecule is CC(C)(C)[Si](OC[C@@H]1CC[C@@H]([C@@H]2CCC(=O)N2)N1)(c1ccccc1)c1ccccc1. The van der Waals surface area contributed by atoms with E-state index >= 15 is 0 Å². The fraction of sp³-hybridized carbons (Fsp3) is 0.480. The van der Waals surface area contributed by atoms with Gasteiger partial charge in [-0.1, -0.05) is 81.4 Å². The molecule has 0 saturated carbocycles. The molecule has 3 atom stereocenters. The predicted octanol–water partition coefficient (Wildman–Crippen LogP) is 2.96. The Labute approximate surface area is 181 Å². The summed E-state index contributed by atoms with van der Waals surface area (Å²) >= 11 is 0. The van der Waals surface area contributed by atoms with Crippen LogP contribution in [0.2, 0.25) is 5.04 Å². The molecule has 0 spiro atoms. The summed E-state index contributed by atoms with van der Waals surface area (Å²) in [6.07, 6.45) is 3.79. The molecule has 4 rings (SSSR count). The number of benzene rings is 2. The predicted molar refractivity (Wildman–Crippen MR) is 125 cm³/mol. The highest BCUT2D eigenvalue weighted by Crippen LogP contribution is 2.37. The van der Waals surface area contributed by atoms with Gasteiger partial charge < -0.3 is 15.1 Å². The maximum Gasteiger partial charge on any atom is 0.261 e. The molecule has 0 bridgehead atoms. The zero-order valence-electron chi connectivity index (χ0n) is 18.4. The van der Waals surface area contributed by atoms with Crippen molar-refractivity contribution in [2.24, 2.45) is 0 Å². The van der Waals surface area contributed by atoms with E-state index in [9.17, 15) is 4.79 Å². The monoisotopic (exact) mass is 422 g/mol. The van der Waals surface area contributed by atoms with Crippen LogP contribution in [-0.4, -0.2) is 39.0 Å². The molecule has 0 unspecified atom stereocenters. The minimum absolute atomic E-state index is 0.00681. The highest BCUT2D eigenvalue weighted by atomic mass is 28.4. The Kier molecular flexibility index (Phi) is 6.14. The molecule has 0 aromatic heterocycles. The first-order chi connectivity index (χ1) is 14.4. The second kappa shape index (κ2) is 8.65. The maximum absolute atomic E-state index is 11.6. The van der Waals surface area contributed by atoms with Crippen molar-refractivity contribution in [3.8, 4) is 0 Å². The average Bonchev–Trinajstić information content (AvgIpc) is 3.38. The fourth-order valence-corrected chi connectivity index (χ4v) is 9.83. The van der Waals surface area contributed by atoms with Gasteiger partial charge in [0.2, 0.25) is 5.91 Å². The summed E-state index contributed by atoms with van der Waals surface area (Å²) < 4.78 is 7.07. The number of hydrogen-bond acceptors (Lipinski definition) is 3. The fourth-order valence-electron chi connectivity index (χ4n) is 5.23. The number of carbonyl (C=O) groups excluding carboxylic acids is 1. The molecule has 2 aliphatic heterocycles. The number of nitrogens with one attached hydrogen (secondary N) is 2. The third-order valence-corrected chi connectivity index (χ3v) is 11.7. The van der Waals surface area contributed by atoms with E-state index in [2.05, 4.69) is 92.1 Å². The third-order valence-electron chi connectivity index (χ3n) is 6.71. The summed E-state index contributed by atoms with van der Waals surface area (Å²) in [5.41, 5.74) is 0. The van der Waals surface area contributed by atoms with E-state index in [1.165, 1.54) is 10.4 Å². The molecule has 4 nitrogen and oxygen atoms in total. The summed E-state index contributed by atoms with van der Waals surface area (Å²) in [4.78, 5) is 11.6. The molecule has 2 aliphatic rings. The molecule has 2 fully saturated rings. The smallest absolute Gasteiger partial charge is 0.261 e. The molecule has 160 valence electrons. The lowest BCUT2D eigenvalue weighted by atomic mass is 10.1. The molecule has 2 saturated heterocycles. The average molecular weight is 423 g/mol. The largest absolute Gasteiger partial charge is 0.406 e. The first-order valence-electron chi connectivity index (χ1n) is 11.2. The lowest BCUT2D eigenvalue weighted by Crippen LogP contribution is -2.67. The zero-order chi connectivity index (χ0) is 21.2. The Morgan fingerprint density at radius 3 is 2.00 bits per heavy atom. The van der Waals surface area contributed by atoms with Crippen molar-refractivity contribution in [3.63, 3.8) is 0 Å². The Balaban J connectivity index is 1.57. The first-order valence-corrected chi connectivity index (χ1v) is 13.1. The van der Waals surface area contributed by atoms with E-state index in [0.717, 1.165) is 19.3 Å². The standard InChI is InChI=1S/C25H34N2O2Si/c1-25(2,3)30(20-10-6-4-7-11-20,21-12-8-5-9-13-21)29-18-19-14-15-22(26-19)23-16-17-24(28)27-23/h4-13,19,22-23,26H,14-18H2,1-3H3,(H,27,28)/t19-,22-,23-/m0/s1. The van der Waals surface area contributed by atoms with Gasteiger partial charge >= 0.3 is 0 Å². The van der Waals surface area contributed by atoms with Gasteiger partial charge in [-0.25, -0.2) is 0 Å². The van der Waals surface area contributed by atoms with Gasteiger partial charge in [0.25, 0.3) is 8.32 Å². The quantitative estimate of drug-likeness (QED) is 0.704. The van der Waals surface area contributed by atoms with Crippen molar-refractivity contribution in [3.05, 3.63) is 60.7 Å². The van der Waals surface area contributed by atoms with Gasteiger partial charge in [-0.15, -0.1) is 0 Å². The maximum atomic E-state index is 11.6. The Hall–Kier alpha value is -1.95. The zero-order valence-corrected chi connectivity index (χ0v) is 19.4. The first kappa shape index (κ1) is 21.3. The Morgan fingerprint density at radius 1 is 0.900 bits per heavy atom. The molecule has 5 heteroatoms. The van der Waals surface area contributed by atoms with E-state index in [1.807, 2.05) is 0 Å². The molecule has 2 N–H and O–H groups in total. The van der Waals surface area contributed by atoms with Gasteiger partial charge in [-0.2, -0.15) is 0 Å². The minimum Gasteiger partial charge on any atom is -0.406 e. The highest BCUT2D eigenvalue weighted by Gasteiger charge is 2.50. The van der Waals surface area contributed by atoms with Crippen molar-refractivity contribution in [1.29, 1.82) is 0 Å². The van der Waals surface area contributed by atoms with E-state index < -0.39 is 8.32 Å². The van der Waals surface area contributed by atoms with Crippen molar-refractivity contribution in [2.75, 3.05) is 6.61 Å². The summed E-state index contributed by atoms with van der Waals surface area (Å²) in [6, 6.07) is 22.6. The van der Waals surface area contributed by atoms with E-state index in [0.29, 0.717) is 25.1 Å². The summed E-state index contributed by atoms with van der Waals surface area (Å²) in [6.45, 7) is 7.65. The molecule has 1 amide bonds. The van der Waals surface area contributed by atoms with Gasteiger partial charge in [-0.05, 0) is 34.7 Å². The molecule has 2 aromatic rings. The molecule has 0 aliphatic carbocycles. The van der Waals surface area contributed by atoms with Crippen molar-refractivity contribution >= 4 is 24.6 Å². The number of amides is 1. The van der Waals surface area contributed by atoms with Gasteiger partial charge in [0.1, 0.15) is 0 Å². The molecule has 2 heterocycles. The van der Waals surface area contributed by atoms with Crippen LogP contribution in [0.4, 0.5) is 0 Å². The number of carbonyl (C=O) groups is 1. The van der Waals surface area contributed by atoms with Crippen LogP contribution < -0.4 is 21.0 Å². The molecular formula is C25H34N2O2Si. The molecule has 30 heavy (non-hydrogen) atoms. The summed E-state index contributed by atoms with van der Waals surface area (Å²) in [5, 5.41) is 9.53. The van der Waals surface area contributed by atoms with Crippen molar-refractivity contribution < 1.29 is 9.22 Å². The third kappa shape index (κ3) is 4.11. The highest BCUT2D eigenvalue weighted by molar-refractivity contribution is 6.99. The van der Waals surface area contributed by atoms with Crippen LogP contribution >= 0.6 is 0 Å². The van der Waals surface area contributed by atoms with Gasteiger partial charge in [0.05, 0.1) is 6.61 Å². The lowest BCUT2D eigenvalue weighted by molar-refractivity contribution is -0.119. The normalized spacial score (nSPS) is 24.8. The van der Waals surface area contributed by atoms with E-state index in [1.54, 1.807) is 0 Å². The minimum atomic E-state index is -2.49.